The van der Waals surface area contributed by atoms with Crippen molar-refractivity contribution in [1.29, 1.82) is 0 Å². The van der Waals surface area contributed by atoms with Gasteiger partial charge in [-0.1, -0.05) is 6.07 Å². The molecule has 0 aromatic heterocycles. The van der Waals surface area contributed by atoms with Gasteiger partial charge in [-0.05, 0) is 17.7 Å². The van der Waals surface area contributed by atoms with Gasteiger partial charge in [-0.15, -0.1) is 0 Å². The predicted molar refractivity (Wildman–Crippen MR) is 42.5 cm³/mol. The zero-order valence-corrected chi connectivity index (χ0v) is 7.10. The summed E-state index contributed by atoms with van der Waals surface area (Å²) in [5, 5.41) is 19.5. The van der Waals surface area contributed by atoms with E-state index in [1.165, 1.54) is 12.1 Å². The van der Waals surface area contributed by atoms with E-state index < -0.39 is 12.1 Å². The van der Waals surface area contributed by atoms with Crippen molar-refractivity contribution in [3.63, 3.8) is 0 Å². The van der Waals surface area contributed by atoms with Crippen LogP contribution in [-0.2, 0) is 4.79 Å². The fraction of sp³-hybridized carbons (Fsp3) is 0.222. The minimum atomic E-state index is -1.63. The summed E-state index contributed by atoms with van der Waals surface area (Å²) in [7, 11) is 0. The Balaban J connectivity index is 2.33. The Morgan fingerprint density at radius 2 is 2.14 bits per heavy atom. The highest BCUT2D eigenvalue weighted by Crippen LogP contribution is 2.33. The van der Waals surface area contributed by atoms with Crippen LogP contribution in [0.2, 0.25) is 0 Å². The van der Waals surface area contributed by atoms with Gasteiger partial charge in [0.1, 0.15) is 6.10 Å². The summed E-state index contributed by atoms with van der Waals surface area (Å²) in [5.41, 5.74) is 0.217. The summed E-state index contributed by atoms with van der Waals surface area (Å²) in [6.07, 6.45) is -1.63. The lowest BCUT2D eigenvalue weighted by Gasteiger charge is -2.11. The maximum Gasteiger partial charge on any atom is 0.231 e. The normalized spacial score (nSPS) is 15.2. The molecule has 2 rings (SSSR count). The number of benzene rings is 1. The summed E-state index contributed by atoms with van der Waals surface area (Å²) >= 11 is 0. The Kier molecular flexibility index (Phi) is 2.01. The Morgan fingerprint density at radius 3 is 2.86 bits per heavy atom. The van der Waals surface area contributed by atoms with Crippen LogP contribution in [0, 0.1) is 0 Å². The second-order valence-corrected chi connectivity index (χ2v) is 2.83. The largest absolute Gasteiger partial charge is 0.547 e. The summed E-state index contributed by atoms with van der Waals surface area (Å²) in [6, 6.07) is 4.42. The van der Waals surface area contributed by atoms with Gasteiger partial charge in [0.05, 0.1) is 5.97 Å². The number of hydrogen-bond acceptors (Lipinski definition) is 5. The van der Waals surface area contributed by atoms with E-state index in [1.54, 1.807) is 6.07 Å². The van der Waals surface area contributed by atoms with Crippen LogP contribution in [-0.4, -0.2) is 17.9 Å². The molecule has 0 bridgehead atoms. The van der Waals surface area contributed by atoms with E-state index in [0.717, 1.165) is 0 Å². The number of fused-ring (bicyclic) bond motifs is 1. The highest BCUT2D eigenvalue weighted by atomic mass is 16.7. The number of aliphatic hydroxyl groups excluding tert-OH is 1. The molecule has 0 amide bonds. The lowest BCUT2D eigenvalue weighted by molar-refractivity contribution is -0.315. The molecule has 5 nitrogen and oxygen atoms in total. The summed E-state index contributed by atoms with van der Waals surface area (Å²) in [5.74, 6) is -0.564. The van der Waals surface area contributed by atoms with E-state index >= 15 is 0 Å². The van der Waals surface area contributed by atoms with E-state index in [0.29, 0.717) is 11.5 Å². The highest BCUT2D eigenvalue weighted by molar-refractivity contribution is 5.72. The number of ether oxygens (including phenoxy) is 2. The quantitative estimate of drug-likeness (QED) is 0.668. The predicted octanol–water partition coefficient (Wildman–Crippen LogP) is -0.801. The third-order valence-corrected chi connectivity index (χ3v) is 1.94. The molecular weight excluding hydrogens is 188 g/mol. The first-order chi connectivity index (χ1) is 6.68. The summed E-state index contributed by atoms with van der Waals surface area (Å²) < 4.78 is 10.0. The van der Waals surface area contributed by atoms with E-state index in [9.17, 15) is 15.0 Å². The number of carboxylic acid groups (broad SMARTS) is 1. The smallest absolute Gasteiger partial charge is 0.231 e. The Morgan fingerprint density at radius 1 is 1.43 bits per heavy atom. The van der Waals surface area contributed by atoms with E-state index in [-0.39, 0.29) is 12.4 Å². The molecule has 1 aliphatic rings. The molecule has 74 valence electrons. The van der Waals surface area contributed by atoms with Crippen LogP contribution in [0.15, 0.2) is 18.2 Å². The topological polar surface area (TPSA) is 78.8 Å². The van der Waals surface area contributed by atoms with Gasteiger partial charge < -0.3 is 24.5 Å². The second kappa shape index (κ2) is 3.19. The van der Waals surface area contributed by atoms with Crippen LogP contribution < -0.4 is 14.6 Å². The summed E-state index contributed by atoms with van der Waals surface area (Å²) in [4.78, 5) is 10.4. The fourth-order valence-electron chi connectivity index (χ4n) is 1.22. The number of aliphatic carboxylic acids is 1. The van der Waals surface area contributed by atoms with Crippen LogP contribution in [0.3, 0.4) is 0 Å². The van der Waals surface area contributed by atoms with Crippen molar-refractivity contribution in [3.8, 4) is 11.5 Å². The minimum absolute atomic E-state index is 0.111. The molecule has 1 aromatic rings. The lowest BCUT2D eigenvalue weighted by Crippen LogP contribution is -2.29. The zero-order valence-electron chi connectivity index (χ0n) is 7.10. The molecule has 1 aromatic carbocycles. The van der Waals surface area contributed by atoms with E-state index in [2.05, 4.69) is 0 Å². The molecule has 0 saturated heterocycles. The van der Waals surface area contributed by atoms with Gasteiger partial charge >= 0.3 is 0 Å². The third kappa shape index (κ3) is 1.38. The molecule has 0 unspecified atom stereocenters. The zero-order chi connectivity index (χ0) is 10.1. The van der Waals surface area contributed by atoms with Gasteiger partial charge in [0.15, 0.2) is 11.5 Å². The first-order valence-electron chi connectivity index (χ1n) is 3.97. The van der Waals surface area contributed by atoms with Gasteiger partial charge in [0.2, 0.25) is 6.79 Å². The molecule has 0 spiro atoms. The van der Waals surface area contributed by atoms with E-state index in [4.69, 9.17) is 9.47 Å². The number of hydrogen-bond donors (Lipinski definition) is 1. The molecule has 1 N–H and O–H groups in total. The Bertz CT molecular complexity index is 373. The fourth-order valence-corrected chi connectivity index (χ4v) is 1.22. The molecule has 0 aliphatic carbocycles. The molecule has 0 radical (unpaired) electrons. The molecular formula is C9H7O5-. The third-order valence-electron chi connectivity index (χ3n) is 1.94. The first-order valence-corrected chi connectivity index (χ1v) is 3.97. The van der Waals surface area contributed by atoms with Crippen LogP contribution in [0.5, 0.6) is 11.5 Å². The first kappa shape index (κ1) is 8.83. The molecule has 1 aliphatic heterocycles. The van der Waals surface area contributed by atoms with Crippen molar-refractivity contribution in [1.82, 2.24) is 0 Å². The van der Waals surface area contributed by atoms with Crippen molar-refractivity contribution < 1.29 is 24.5 Å². The minimum Gasteiger partial charge on any atom is -0.547 e. The second-order valence-electron chi connectivity index (χ2n) is 2.83. The molecule has 5 heteroatoms. The molecule has 0 fully saturated rings. The molecule has 14 heavy (non-hydrogen) atoms. The number of rotatable bonds is 2. The van der Waals surface area contributed by atoms with Crippen LogP contribution >= 0.6 is 0 Å². The standard InChI is InChI=1S/C9H8O5/c10-8(9(11)12)5-1-2-6-7(3-5)14-4-13-6/h1-3,8,10H,4H2,(H,11,12)/p-1/t8-/m1/s1. The maximum atomic E-state index is 10.4. The monoisotopic (exact) mass is 195 g/mol. The van der Waals surface area contributed by atoms with Crippen molar-refractivity contribution >= 4 is 5.97 Å². The maximum absolute atomic E-state index is 10.4. The number of carbonyl (C=O) groups excluding carboxylic acids is 1. The number of carboxylic acids is 1. The number of carbonyl (C=O) groups is 1. The van der Waals surface area contributed by atoms with Gasteiger partial charge in [-0.2, -0.15) is 0 Å². The van der Waals surface area contributed by atoms with Crippen LogP contribution in [0.1, 0.15) is 11.7 Å². The van der Waals surface area contributed by atoms with Crippen LogP contribution in [0.4, 0.5) is 0 Å². The van der Waals surface area contributed by atoms with E-state index in [1.807, 2.05) is 0 Å². The molecule has 1 heterocycles. The number of aliphatic hydroxyl groups is 1. The highest BCUT2D eigenvalue weighted by Gasteiger charge is 2.16. The van der Waals surface area contributed by atoms with Gasteiger partial charge in [-0.25, -0.2) is 0 Å². The van der Waals surface area contributed by atoms with Crippen molar-refractivity contribution in [2.45, 2.75) is 6.10 Å². The van der Waals surface area contributed by atoms with Gasteiger partial charge in [-0.3, -0.25) is 0 Å². The average Bonchev–Trinajstić information content (AvgIpc) is 2.62. The van der Waals surface area contributed by atoms with Crippen LogP contribution in [0.25, 0.3) is 0 Å². The van der Waals surface area contributed by atoms with Gasteiger partial charge in [0.25, 0.3) is 0 Å². The van der Waals surface area contributed by atoms with Crippen molar-refractivity contribution in [2.75, 3.05) is 6.79 Å². The van der Waals surface area contributed by atoms with Crippen molar-refractivity contribution in [2.24, 2.45) is 0 Å². The lowest BCUT2D eigenvalue weighted by atomic mass is 10.1. The molecule has 0 saturated carbocycles. The Labute approximate surface area is 79.5 Å². The average molecular weight is 195 g/mol. The van der Waals surface area contributed by atoms with Gasteiger partial charge in [0, 0.05) is 0 Å². The SMILES string of the molecule is O=C([O-])[C@H](O)c1ccc2c(c1)OCO2. The van der Waals surface area contributed by atoms with Crippen molar-refractivity contribution in [3.05, 3.63) is 23.8 Å². The Hall–Kier alpha value is -1.75. The molecule has 1 atom stereocenters. The summed E-state index contributed by atoms with van der Waals surface area (Å²) in [6.45, 7) is 0.111.